The van der Waals surface area contributed by atoms with Gasteiger partial charge in [0.15, 0.2) is 0 Å². The molecule has 67 heavy (non-hydrogen) atoms. The Hall–Kier alpha value is -6.58. The van der Waals surface area contributed by atoms with E-state index >= 15 is 0 Å². The second kappa shape index (κ2) is 20.9. The van der Waals surface area contributed by atoms with Gasteiger partial charge in [-0.15, -0.1) is 22.7 Å². The maximum absolute atomic E-state index is 13.6. The van der Waals surface area contributed by atoms with Gasteiger partial charge in [0.1, 0.15) is 45.1 Å². The summed E-state index contributed by atoms with van der Waals surface area (Å²) < 4.78 is 70.1. The maximum Gasteiger partial charge on any atom is 0.490 e. The summed E-state index contributed by atoms with van der Waals surface area (Å²) in [4.78, 5) is 97.6. The molecule has 0 aliphatic carbocycles. The van der Waals surface area contributed by atoms with E-state index in [9.17, 15) is 50.6 Å². The maximum atomic E-state index is 13.6. The van der Waals surface area contributed by atoms with Crippen molar-refractivity contribution in [3.05, 3.63) is 36.2 Å². The minimum Gasteiger partial charge on any atom is -0.475 e. The first kappa shape index (κ1) is 51.4. The van der Waals surface area contributed by atoms with E-state index in [2.05, 4.69) is 20.6 Å². The number of carbonyl (C=O) groups excluding carboxylic acids is 3. The Morgan fingerprint density at radius 2 is 1.06 bits per heavy atom. The Labute approximate surface area is 383 Å². The fraction of sp³-hybridized carbons (Fsp3) is 0.487. The molecule has 0 saturated carbocycles. The molecule has 6 heterocycles. The molecule has 4 aromatic heterocycles. The van der Waals surface area contributed by atoms with Crippen LogP contribution in [0.5, 0.6) is 0 Å². The summed E-state index contributed by atoms with van der Waals surface area (Å²) in [6.07, 6.45) is -5.31. The molecule has 28 heteroatoms. The van der Waals surface area contributed by atoms with Gasteiger partial charge in [-0.05, 0) is 49.7 Å². The minimum atomic E-state index is -5.08. The van der Waals surface area contributed by atoms with Gasteiger partial charge in [-0.1, -0.05) is 27.7 Å². The smallest absolute Gasteiger partial charge is 0.475 e. The summed E-state index contributed by atoms with van der Waals surface area (Å²) in [5.41, 5.74) is 3.00. The number of imidazole rings is 2. The lowest BCUT2D eigenvalue weighted by Gasteiger charge is -2.29. The number of hydrogen-bond acceptors (Lipinski definition) is 13. The molecule has 0 radical (unpaired) electrons. The van der Waals surface area contributed by atoms with Gasteiger partial charge in [-0.25, -0.2) is 39.1 Å². The van der Waals surface area contributed by atoms with Crippen molar-refractivity contribution < 1.29 is 75.2 Å². The number of halogens is 6. The highest BCUT2D eigenvalue weighted by atomic mass is 32.1. The van der Waals surface area contributed by atoms with E-state index in [0.29, 0.717) is 36.1 Å². The third kappa shape index (κ3) is 12.5. The number of hydrogen-bond donors (Lipinski definition) is 7. The number of thiazole rings is 2. The number of benzene rings is 1. The van der Waals surface area contributed by atoms with Gasteiger partial charge in [0, 0.05) is 25.5 Å². The molecule has 4 amide bonds. The molecule has 7 N–H and O–H groups in total. The van der Waals surface area contributed by atoms with E-state index < -0.39 is 48.6 Å². The predicted octanol–water partition coefficient (Wildman–Crippen LogP) is 6.95. The van der Waals surface area contributed by atoms with Crippen LogP contribution in [0.1, 0.15) is 77.1 Å². The second-order valence-corrected chi connectivity index (χ2v) is 17.7. The molecular formula is C39H44F6N10O10S2. The number of carbonyl (C=O) groups is 6. The molecule has 0 bridgehead atoms. The number of carboxylic acids is 2. The molecular weight excluding hydrogens is 947 g/mol. The van der Waals surface area contributed by atoms with Crippen molar-refractivity contribution in [2.24, 2.45) is 11.8 Å². The molecule has 2 aliphatic rings. The van der Waals surface area contributed by atoms with Crippen LogP contribution in [-0.2, 0) is 23.9 Å². The number of likely N-dealkylation sites (tertiary alicyclic amines) is 2. The molecule has 2 saturated heterocycles. The molecule has 20 nitrogen and oxygen atoms in total. The first-order valence-electron chi connectivity index (χ1n) is 20.2. The number of aromatic amines is 2. The average Bonchev–Trinajstić information content (AvgIpc) is 4.10. The SMILES string of the molecule is COC(=O)N[C@@H](C(=O)N1CCC[C@H]1c1nc(-c2nc3cc4sc(-c5c[nH]c([C@@H]6CCCN6C(=O)[C@H](NC(=O)O)C(C)C)n5)nc4cc3s2)c[nH]1)C(C)C.O=C(O)C(F)(F)F.O=C(O)C(F)(F)F. The number of fused-ring (bicyclic) bond motifs is 2. The molecule has 364 valence electrons. The van der Waals surface area contributed by atoms with E-state index in [0.717, 1.165) is 56.1 Å². The largest absolute Gasteiger partial charge is 0.490 e. The molecule has 1 aromatic carbocycles. The fourth-order valence-electron chi connectivity index (χ4n) is 7.14. The molecule has 0 spiro atoms. The fourth-order valence-corrected chi connectivity index (χ4v) is 9.02. The van der Waals surface area contributed by atoms with Gasteiger partial charge in [0.2, 0.25) is 11.8 Å². The summed E-state index contributed by atoms with van der Waals surface area (Å²) in [6, 6.07) is 1.97. The Balaban J connectivity index is 0.000000522. The highest BCUT2D eigenvalue weighted by Crippen LogP contribution is 2.39. The van der Waals surface area contributed by atoms with E-state index in [4.69, 9.17) is 44.5 Å². The van der Waals surface area contributed by atoms with Crippen molar-refractivity contribution in [1.29, 1.82) is 0 Å². The number of aromatic nitrogens is 6. The van der Waals surface area contributed by atoms with Crippen molar-refractivity contribution in [3.63, 3.8) is 0 Å². The molecule has 0 unspecified atom stereocenters. The average molecular weight is 991 g/mol. The third-order valence-electron chi connectivity index (χ3n) is 10.3. The lowest BCUT2D eigenvalue weighted by Crippen LogP contribution is -2.51. The van der Waals surface area contributed by atoms with E-state index in [1.54, 1.807) is 16.0 Å². The van der Waals surface area contributed by atoms with Crippen LogP contribution in [0, 0.1) is 11.8 Å². The molecule has 2 aliphatic heterocycles. The van der Waals surface area contributed by atoms with Gasteiger partial charge in [-0.3, -0.25) is 9.59 Å². The summed E-state index contributed by atoms with van der Waals surface area (Å²) in [5, 5.41) is 30.1. The first-order chi connectivity index (χ1) is 31.3. The van der Waals surface area contributed by atoms with Crippen LogP contribution in [0.4, 0.5) is 35.9 Å². The Bertz CT molecular complexity index is 2530. The number of H-pyrrole nitrogens is 2. The number of carboxylic acid groups (broad SMARTS) is 3. The highest BCUT2D eigenvalue weighted by molar-refractivity contribution is 7.23. The summed E-state index contributed by atoms with van der Waals surface area (Å²) in [5.74, 6) is -4.92. The molecule has 5 aromatic rings. The Kier molecular flexibility index (Phi) is 16.1. The van der Waals surface area contributed by atoms with Crippen molar-refractivity contribution in [1.82, 2.24) is 50.3 Å². The van der Waals surface area contributed by atoms with Crippen LogP contribution < -0.4 is 10.6 Å². The lowest BCUT2D eigenvalue weighted by molar-refractivity contribution is -0.193. The number of rotatable bonds is 10. The number of alkyl halides is 6. The zero-order valence-corrected chi connectivity index (χ0v) is 37.6. The van der Waals surface area contributed by atoms with Gasteiger partial charge < -0.3 is 50.5 Å². The summed E-state index contributed by atoms with van der Waals surface area (Å²) in [7, 11) is 1.28. The van der Waals surface area contributed by atoms with Gasteiger partial charge >= 0.3 is 36.5 Å². The normalized spacial score (nSPS) is 17.1. The molecule has 2 fully saturated rings. The van der Waals surface area contributed by atoms with Crippen LogP contribution in [0.25, 0.3) is 41.8 Å². The quantitative estimate of drug-likeness (QED) is 0.0697. The third-order valence-corrected chi connectivity index (χ3v) is 12.4. The van der Waals surface area contributed by atoms with Crippen molar-refractivity contribution in [2.75, 3.05) is 20.2 Å². The minimum absolute atomic E-state index is 0.122. The topological polar surface area (TPSA) is 286 Å². The van der Waals surface area contributed by atoms with E-state index in [-0.39, 0.29) is 35.7 Å². The lowest BCUT2D eigenvalue weighted by atomic mass is 10.0. The zero-order valence-electron chi connectivity index (χ0n) is 36.0. The number of methoxy groups -OCH3 is 1. The van der Waals surface area contributed by atoms with Crippen LogP contribution in [0.15, 0.2) is 24.5 Å². The molecule has 4 atom stereocenters. The van der Waals surface area contributed by atoms with Crippen LogP contribution in [0.3, 0.4) is 0 Å². The standard InChI is InChI=1S/C35H42N10O6S2.2C2HF3O2/c1-16(2)26(42-34(48)49)32(46)44-10-6-8-22(44)28-36-14-20(38-28)30-40-18-12-25-19(13-24(18)52-30)41-31(53-25)21-15-37-29(39-21)23-9-7-11-45(23)33(47)27(17(3)4)43-35(50)51-5;2*3-2(4,5)1(6)7/h12-17,22-23,26-27,42H,6-11H2,1-5H3,(H,36,38)(H,37,39)(H,43,50)(H,48,49);2*(H,6,7)/t22-,23-,26+,27+;;/m0../s1. The van der Waals surface area contributed by atoms with Gasteiger partial charge in [-0.2, -0.15) is 26.3 Å². The number of ether oxygens (including phenoxy) is 1. The van der Waals surface area contributed by atoms with E-state index in [1.165, 1.54) is 29.8 Å². The van der Waals surface area contributed by atoms with Crippen LogP contribution in [-0.4, -0.2) is 136 Å². The van der Waals surface area contributed by atoms with Crippen LogP contribution in [0.2, 0.25) is 0 Å². The summed E-state index contributed by atoms with van der Waals surface area (Å²) in [6.45, 7) is 8.52. The second-order valence-electron chi connectivity index (χ2n) is 15.7. The number of amides is 4. The number of nitrogens with zero attached hydrogens (tertiary/aromatic N) is 6. The van der Waals surface area contributed by atoms with Gasteiger partial charge in [0.25, 0.3) is 0 Å². The van der Waals surface area contributed by atoms with Crippen LogP contribution >= 0.6 is 22.7 Å². The zero-order chi connectivity index (χ0) is 49.7. The first-order valence-corrected chi connectivity index (χ1v) is 21.8. The number of aliphatic carboxylic acids is 2. The highest BCUT2D eigenvalue weighted by Gasteiger charge is 2.41. The monoisotopic (exact) mass is 990 g/mol. The molecule has 7 rings (SSSR count). The Morgan fingerprint density at radius 3 is 1.39 bits per heavy atom. The van der Waals surface area contributed by atoms with Crippen molar-refractivity contribution in [3.8, 4) is 21.4 Å². The number of nitrogens with one attached hydrogen (secondary N) is 4. The Morgan fingerprint density at radius 1 is 0.687 bits per heavy atom. The van der Waals surface area contributed by atoms with E-state index in [1.807, 2.05) is 46.0 Å². The predicted molar refractivity (Wildman–Crippen MR) is 227 cm³/mol. The number of alkyl carbamates (subject to hydrolysis) is 1. The summed E-state index contributed by atoms with van der Waals surface area (Å²) >= 11 is 3.01. The van der Waals surface area contributed by atoms with Crippen molar-refractivity contribution >= 4 is 79.0 Å². The van der Waals surface area contributed by atoms with Crippen molar-refractivity contribution in [2.45, 2.75) is 89.9 Å². The van der Waals surface area contributed by atoms with Gasteiger partial charge in [0.05, 0.1) is 39.6 Å².